The highest BCUT2D eigenvalue weighted by Gasteiger charge is 2.20. The second-order valence-corrected chi connectivity index (χ2v) is 8.03. The van der Waals surface area contributed by atoms with Gasteiger partial charge in [0.15, 0.2) is 5.76 Å². The Morgan fingerprint density at radius 1 is 1.16 bits per heavy atom. The molecule has 0 saturated carbocycles. The van der Waals surface area contributed by atoms with Gasteiger partial charge in [0, 0.05) is 42.5 Å². The molecule has 1 atom stereocenters. The first kappa shape index (κ1) is 21.0. The zero-order valence-electron chi connectivity index (χ0n) is 18.6. The van der Waals surface area contributed by atoms with E-state index in [-0.39, 0.29) is 18.4 Å². The summed E-state index contributed by atoms with van der Waals surface area (Å²) in [5.41, 5.74) is 5.74. The molecule has 6 nitrogen and oxygen atoms in total. The van der Waals surface area contributed by atoms with Crippen molar-refractivity contribution in [2.75, 3.05) is 23.3 Å². The maximum atomic E-state index is 12.6. The van der Waals surface area contributed by atoms with Gasteiger partial charge in [-0.3, -0.25) is 4.79 Å². The molecule has 1 aliphatic rings. The summed E-state index contributed by atoms with van der Waals surface area (Å²) in [7, 11) is 0. The number of ether oxygens (including phenoxy) is 1. The van der Waals surface area contributed by atoms with Gasteiger partial charge in [-0.1, -0.05) is 5.16 Å². The van der Waals surface area contributed by atoms with Crippen molar-refractivity contribution < 1.29 is 14.1 Å². The fourth-order valence-electron chi connectivity index (χ4n) is 4.04. The molecule has 1 aromatic heterocycles. The van der Waals surface area contributed by atoms with Gasteiger partial charge in [0.1, 0.15) is 11.9 Å². The quantitative estimate of drug-likeness (QED) is 0.584. The largest absolute Gasteiger partial charge is 0.490 e. The summed E-state index contributed by atoms with van der Waals surface area (Å²) < 4.78 is 11.3. The SMILES string of the molecule is CCN(CC)c1ccc(NC(=O)Cc2cc(-c3ccc4c(c3)CC(C)O4)on2)c(C)c1. The van der Waals surface area contributed by atoms with Gasteiger partial charge in [-0.05, 0) is 75.2 Å². The number of hydrogen-bond acceptors (Lipinski definition) is 5. The lowest BCUT2D eigenvalue weighted by molar-refractivity contribution is -0.115. The smallest absolute Gasteiger partial charge is 0.230 e. The highest BCUT2D eigenvalue weighted by atomic mass is 16.5. The van der Waals surface area contributed by atoms with Crippen LogP contribution in [0.5, 0.6) is 5.75 Å². The van der Waals surface area contributed by atoms with E-state index in [1.165, 1.54) is 5.56 Å². The molecule has 2 heterocycles. The molecule has 1 unspecified atom stereocenters. The Labute approximate surface area is 183 Å². The van der Waals surface area contributed by atoms with Crippen molar-refractivity contribution in [3.8, 4) is 17.1 Å². The third kappa shape index (κ3) is 4.58. The molecule has 0 radical (unpaired) electrons. The zero-order chi connectivity index (χ0) is 22.0. The van der Waals surface area contributed by atoms with Gasteiger partial charge in [-0.15, -0.1) is 0 Å². The molecule has 4 rings (SSSR count). The van der Waals surface area contributed by atoms with E-state index in [9.17, 15) is 4.79 Å². The lowest BCUT2D eigenvalue weighted by Gasteiger charge is -2.22. The maximum Gasteiger partial charge on any atom is 0.230 e. The zero-order valence-corrected chi connectivity index (χ0v) is 18.6. The first-order valence-corrected chi connectivity index (χ1v) is 10.9. The molecule has 1 amide bonds. The van der Waals surface area contributed by atoms with E-state index in [0.717, 1.165) is 47.8 Å². The number of rotatable bonds is 7. The van der Waals surface area contributed by atoms with Crippen molar-refractivity contribution in [2.45, 2.75) is 46.6 Å². The normalized spacial score (nSPS) is 14.8. The third-order valence-electron chi connectivity index (χ3n) is 5.69. The van der Waals surface area contributed by atoms with Crippen molar-refractivity contribution in [1.82, 2.24) is 5.16 Å². The van der Waals surface area contributed by atoms with E-state index in [1.807, 2.05) is 37.3 Å². The Kier molecular flexibility index (Phi) is 5.98. The predicted octanol–water partition coefficient (Wildman–Crippen LogP) is 5.00. The average molecular weight is 420 g/mol. The van der Waals surface area contributed by atoms with Gasteiger partial charge in [0.25, 0.3) is 0 Å². The van der Waals surface area contributed by atoms with Gasteiger partial charge in [0.2, 0.25) is 5.91 Å². The number of carbonyl (C=O) groups is 1. The molecular formula is C25H29N3O3. The monoisotopic (exact) mass is 419 g/mol. The number of nitrogens with zero attached hydrogens (tertiary/aromatic N) is 2. The van der Waals surface area contributed by atoms with Crippen LogP contribution >= 0.6 is 0 Å². The number of fused-ring (bicyclic) bond motifs is 1. The number of carbonyl (C=O) groups excluding carboxylic acids is 1. The Bertz CT molecular complexity index is 1090. The highest BCUT2D eigenvalue weighted by Crippen LogP contribution is 2.33. The molecule has 1 aliphatic heterocycles. The average Bonchev–Trinajstić information content (AvgIpc) is 3.35. The molecule has 0 bridgehead atoms. The molecule has 0 saturated heterocycles. The van der Waals surface area contributed by atoms with Crippen LogP contribution in [0.1, 0.15) is 37.6 Å². The van der Waals surface area contributed by atoms with Crippen LogP contribution < -0.4 is 15.0 Å². The number of anilines is 2. The summed E-state index contributed by atoms with van der Waals surface area (Å²) in [5, 5.41) is 7.08. The summed E-state index contributed by atoms with van der Waals surface area (Å²) in [5.74, 6) is 1.47. The van der Waals surface area contributed by atoms with Gasteiger partial charge < -0.3 is 19.5 Å². The van der Waals surface area contributed by atoms with Crippen LogP contribution in [-0.2, 0) is 17.6 Å². The summed E-state index contributed by atoms with van der Waals surface area (Å²) in [6.07, 6.45) is 1.24. The standard InChI is InChI=1S/C25H29N3O3/c1-5-28(6-2)21-8-9-22(16(3)11-21)26-25(29)15-20-14-24(31-27-20)18-7-10-23-19(13-18)12-17(4)30-23/h7-11,13-14,17H,5-6,12,15H2,1-4H3,(H,26,29). The Balaban J connectivity index is 1.41. The number of aromatic nitrogens is 1. The number of benzene rings is 2. The van der Waals surface area contributed by atoms with Crippen LogP contribution in [0.15, 0.2) is 47.0 Å². The van der Waals surface area contributed by atoms with Crippen molar-refractivity contribution in [3.63, 3.8) is 0 Å². The fourth-order valence-corrected chi connectivity index (χ4v) is 4.04. The van der Waals surface area contributed by atoms with E-state index in [0.29, 0.717) is 11.5 Å². The summed E-state index contributed by atoms with van der Waals surface area (Å²) >= 11 is 0. The van der Waals surface area contributed by atoms with Crippen LogP contribution in [-0.4, -0.2) is 30.3 Å². The van der Waals surface area contributed by atoms with Gasteiger partial charge in [-0.2, -0.15) is 0 Å². The van der Waals surface area contributed by atoms with Gasteiger partial charge in [0.05, 0.1) is 12.1 Å². The molecule has 6 heteroatoms. The highest BCUT2D eigenvalue weighted by molar-refractivity contribution is 5.93. The Morgan fingerprint density at radius 3 is 2.71 bits per heavy atom. The summed E-state index contributed by atoms with van der Waals surface area (Å²) in [6, 6.07) is 13.9. The molecule has 31 heavy (non-hydrogen) atoms. The third-order valence-corrected chi connectivity index (χ3v) is 5.69. The predicted molar refractivity (Wildman–Crippen MR) is 123 cm³/mol. The molecule has 0 aliphatic carbocycles. The fraction of sp³-hybridized carbons (Fsp3) is 0.360. The van der Waals surface area contributed by atoms with Gasteiger partial charge >= 0.3 is 0 Å². The summed E-state index contributed by atoms with van der Waals surface area (Å²) in [6.45, 7) is 10.2. The van der Waals surface area contributed by atoms with E-state index < -0.39 is 0 Å². The molecule has 0 fully saturated rings. The first-order valence-electron chi connectivity index (χ1n) is 10.9. The Morgan fingerprint density at radius 2 is 1.97 bits per heavy atom. The number of aryl methyl sites for hydroxylation is 1. The van der Waals surface area contributed by atoms with Crippen LogP contribution in [0, 0.1) is 6.92 Å². The molecule has 3 aromatic rings. The minimum absolute atomic E-state index is 0.116. The van der Waals surface area contributed by atoms with E-state index >= 15 is 0 Å². The topological polar surface area (TPSA) is 67.6 Å². The minimum Gasteiger partial charge on any atom is -0.490 e. The molecule has 2 aromatic carbocycles. The van der Waals surface area contributed by atoms with Crippen LogP contribution in [0.4, 0.5) is 11.4 Å². The number of nitrogens with one attached hydrogen (secondary N) is 1. The second kappa shape index (κ2) is 8.84. The first-order chi connectivity index (χ1) is 15.0. The van der Waals surface area contributed by atoms with E-state index in [1.54, 1.807) is 0 Å². The van der Waals surface area contributed by atoms with Gasteiger partial charge in [-0.25, -0.2) is 0 Å². The summed E-state index contributed by atoms with van der Waals surface area (Å²) in [4.78, 5) is 14.9. The van der Waals surface area contributed by atoms with Crippen molar-refractivity contribution in [1.29, 1.82) is 0 Å². The van der Waals surface area contributed by atoms with Crippen molar-refractivity contribution in [3.05, 3.63) is 59.3 Å². The molecule has 162 valence electrons. The van der Waals surface area contributed by atoms with E-state index in [2.05, 4.69) is 48.3 Å². The second-order valence-electron chi connectivity index (χ2n) is 8.03. The Hall–Kier alpha value is -3.28. The van der Waals surface area contributed by atoms with Crippen molar-refractivity contribution >= 4 is 17.3 Å². The molecular weight excluding hydrogens is 390 g/mol. The van der Waals surface area contributed by atoms with Crippen LogP contribution in [0.3, 0.4) is 0 Å². The molecule has 0 spiro atoms. The van der Waals surface area contributed by atoms with Crippen LogP contribution in [0.2, 0.25) is 0 Å². The lowest BCUT2D eigenvalue weighted by atomic mass is 10.1. The molecule has 1 N–H and O–H groups in total. The van der Waals surface area contributed by atoms with E-state index in [4.69, 9.17) is 9.26 Å². The number of hydrogen-bond donors (Lipinski definition) is 1. The van der Waals surface area contributed by atoms with Crippen molar-refractivity contribution in [2.24, 2.45) is 0 Å². The lowest BCUT2D eigenvalue weighted by Crippen LogP contribution is -2.22. The van der Waals surface area contributed by atoms with Crippen LogP contribution in [0.25, 0.3) is 11.3 Å². The minimum atomic E-state index is -0.116. The number of amides is 1. The maximum absolute atomic E-state index is 12.6.